The molecule has 0 fully saturated rings. The first kappa shape index (κ1) is 16.4. The van der Waals surface area contributed by atoms with Gasteiger partial charge in [0.2, 0.25) is 0 Å². The van der Waals surface area contributed by atoms with Gasteiger partial charge in [0.15, 0.2) is 0 Å². The van der Waals surface area contributed by atoms with Crippen LogP contribution < -0.4 is 10.0 Å². The smallest absolute Gasteiger partial charge is 0.264 e. The van der Waals surface area contributed by atoms with Crippen LogP contribution in [0.3, 0.4) is 0 Å². The first-order chi connectivity index (χ1) is 9.94. The fourth-order valence-corrected chi connectivity index (χ4v) is 4.35. The predicted molar refractivity (Wildman–Crippen MR) is 89.2 cm³/mol. The van der Waals surface area contributed by atoms with E-state index in [0.717, 1.165) is 21.5 Å². The van der Waals surface area contributed by atoms with Crippen molar-refractivity contribution in [3.05, 3.63) is 38.6 Å². The van der Waals surface area contributed by atoms with E-state index < -0.39 is 10.0 Å². The number of halogens is 1. The zero-order chi connectivity index (χ0) is 15.5. The molecule has 8 heteroatoms. The number of pyridine rings is 1. The van der Waals surface area contributed by atoms with Gasteiger partial charge in [-0.15, -0.1) is 11.3 Å². The van der Waals surface area contributed by atoms with Gasteiger partial charge in [-0.25, -0.2) is 13.4 Å². The molecular weight excluding hydrogens is 374 g/mol. The molecule has 0 aromatic carbocycles. The van der Waals surface area contributed by atoms with Crippen molar-refractivity contribution in [3.63, 3.8) is 0 Å². The van der Waals surface area contributed by atoms with Crippen molar-refractivity contribution in [1.29, 1.82) is 0 Å². The predicted octanol–water partition coefficient (Wildman–Crippen LogP) is 3.12. The van der Waals surface area contributed by atoms with Crippen LogP contribution in [-0.2, 0) is 16.6 Å². The Bertz CT molecular complexity index is 729. The lowest BCUT2D eigenvalue weighted by Crippen LogP contribution is -2.17. The van der Waals surface area contributed by atoms with Gasteiger partial charge >= 0.3 is 0 Å². The van der Waals surface area contributed by atoms with E-state index in [4.69, 9.17) is 0 Å². The molecule has 0 unspecified atom stereocenters. The van der Waals surface area contributed by atoms with Crippen molar-refractivity contribution in [2.75, 3.05) is 11.3 Å². The summed E-state index contributed by atoms with van der Waals surface area (Å²) in [6.45, 7) is 5.19. The molecule has 2 aromatic heterocycles. The van der Waals surface area contributed by atoms with Crippen LogP contribution in [0.2, 0.25) is 0 Å². The van der Waals surface area contributed by atoms with Crippen LogP contribution in [0.15, 0.2) is 33.1 Å². The molecule has 0 aliphatic carbocycles. The molecule has 0 atom stereocenters. The Kier molecular flexibility index (Phi) is 5.37. The number of nitrogens with zero attached hydrogens (tertiary/aromatic N) is 1. The van der Waals surface area contributed by atoms with Crippen molar-refractivity contribution < 1.29 is 8.42 Å². The summed E-state index contributed by atoms with van der Waals surface area (Å²) in [6.07, 6.45) is 1.58. The third-order valence-corrected chi connectivity index (χ3v) is 6.14. The number of sulfonamides is 1. The zero-order valence-electron chi connectivity index (χ0n) is 11.7. The van der Waals surface area contributed by atoms with Gasteiger partial charge in [0.1, 0.15) is 10.7 Å². The number of thiophene rings is 1. The van der Waals surface area contributed by atoms with Crippen LogP contribution in [-0.4, -0.2) is 19.9 Å². The van der Waals surface area contributed by atoms with Gasteiger partial charge in [-0.3, -0.25) is 4.72 Å². The number of anilines is 1. The van der Waals surface area contributed by atoms with Crippen molar-refractivity contribution in [1.82, 2.24) is 10.3 Å². The summed E-state index contributed by atoms with van der Waals surface area (Å²) in [7, 11) is -3.62. The average Bonchev–Trinajstić information content (AvgIpc) is 2.89. The lowest BCUT2D eigenvalue weighted by atomic mass is 10.3. The van der Waals surface area contributed by atoms with Gasteiger partial charge in [-0.05, 0) is 52.5 Å². The minimum absolute atomic E-state index is 0.302. The summed E-state index contributed by atoms with van der Waals surface area (Å²) in [4.78, 5) is 5.17. The molecule has 2 N–H and O–H groups in total. The lowest BCUT2D eigenvalue weighted by Gasteiger charge is -2.09. The summed E-state index contributed by atoms with van der Waals surface area (Å²) in [6, 6.07) is 3.31. The van der Waals surface area contributed by atoms with Gasteiger partial charge in [-0.1, -0.05) is 6.92 Å². The number of aromatic nitrogens is 1. The standard InChI is InChI=1S/C13H16BrN3O2S2/c1-3-15-8-11-12(4-5-20-11)21(18,19)17-13-6-9(2)10(14)7-16-13/h4-7,15H,3,8H2,1-2H3,(H,16,17). The maximum atomic E-state index is 12.5. The Morgan fingerprint density at radius 3 is 2.86 bits per heavy atom. The number of nitrogens with one attached hydrogen (secondary N) is 2. The summed E-state index contributed by atoms with van der Waals surface area (Å²) in [5.41, 5.74) is 0.917. The van der Waals surface area contributed by atoms with E-state index in [1.165, 1.54) is 11.3 Å². The molecule has 0 saturated carbocycles. The second kappa shape index (κ2) is 6.87. The molecule has 0 aliphatic heterocycles. The van der Waals surface area contributed by atoms with Gasteiger partial charge in [0.25, 0.3) is 10.0 Å². The topological polar surface area (TPSA) is 71.1 Å². The zero-order valence-corrected chi connectivity index (χ0v) is 14.9. The highest BCUT2D eigenvalue weighted by atomic mass is 79.9. The molecule has 0 radical (unpaired) electrons. The lowest BCUT2D eigenvalue weighted by molar-refractivity contribution is 0.599. The van der Waals surface area contributed by atoms with Gasteiger partial charge in [-0.2, -0.15) is 0 Å². The van der Waals surface area contributed by atoms with E-state index in [-0.39, 0.29) is 0 Å². The van der Waals surface area contributed by atoms with Crippen LogP contribution in [0, 0.1) is 6.92 Å². The van der Waals surface area contributed by atoms with E-state index in [2.05, 4.69) is 31.0 Å². The Balaban J connectivity index is 2.26. The first-order valence-electron chi connectivity index (χ1n) is 6.36. The van der Waals surface area contributed by atoms with Gasteiger partial charge in [0.05, 0.1) is 0 Å². The molecule has 21 heavy (non-hydrogen) atoms. The highest BCUT2D eigenvalue weighted by Gasteiger charge is 2.20. The van der Waals surface area contributed by atoms with Crippen LogP contribution in [0.1, 0.15) is 17.4 Å². The first-order valence-corrected chi connectivity index (χ1v) is 9.51. The van der Waals surface area contributed by atoms with E-state index in [1.54, 1.807) is 23.7 Å². The molecule has 0 saturated heterocycles. The molecule has 0 aliphatic rings. The van der Waals surface area contributed by atoms with E-state index in [1.807, 2.05) is 13.8 Å². The molecule has 5 nitrogen and oxygen atoms in total. The van der Waals surface area contributed by atoms with Crippen LogP contribution in [0.25, 0.3) is 0 Å². The summed E-state index contributed by atoms with van der Waals surface area (Å²) in [5, 5.41) is 4.92. The second-order valence-corrected chi connectivity index (χ2v) is 7.92. The minimum Gasteiger partial charge on any atom is -0.312 e. The summed E-state index contributed by atoms with van der Waals surface area (Å²) < 4.78 is 28.3. The summed E-state index contributed by atoms with van der Waals surface area (Å²) in [5.74, 6) is 0.316. The van der Waals surface area contributed by atoms with E-state index in [0.29, 0.717) is 17.3 Å². The second-order valence-electron chi connectivity index (χ2n) is 4.41. The largest absolute Gasteiger partial charge is 0.312 e. The van der Waals surface area contributed by atoms with E-state index in [9.17, 15) is 8.42 Å². The fourth-order valence-electron chi connectivity index (χ4n) is 1.72. The Morgan fingerprint density at radius 2 is 2.19 bits per heavy atom. The van der Waals surface area contributed by atoms with Gasteiger partial charge < -0.3 is 5.32 Å². The molecule has 2 rings (SSSR count). The highest BCUT2D eigenvalue weighted by Crippen LogP contribution is 2.25. The van der Waals surface area contributed by atoms with Crippen molar-refractivity contribution in [3.8, 4) is 0 Å². The molecule has 0 amide bonds. The Labute approximate surface area is 137 Å². The number of rotatable bonds is 6. The number of aryl methyl sites for hydroxylation is 1. The highest BCUT2D eigenvalue weighted by molar-refractivity contribution is 9.10. The quantitative estimate of drug-likeness (QED) is 0.795. The van der Waals surface area contributed by atoms with Crippen molar-refractivity contribution >= 4 is 43.1 Å². The Hall–Kier alpha value is -0.960. The van der Waals surface area contributed by atoms with Crippen molar-refractivity contribution in [2.24, 2.45) is 0 Å². The monoisotopic (exact) mass is 389 g/mol. The third kappa shape index (κ3) is 4.03. The van der Waals surface area contributed by atoms with Crippen LogP contribution in [0.5, 0.6) is 0 Å². The molecule has 0 spiro atoms. The van der Waals surface area contributed by atoms with Crippen LogP contribution >= 0.6 is 27.3 Å². The van der Waals surface area contributed by atoms with E-state index >= 15 is 0 Å². The molecule has 114 valence electrons. The summed E-state index contributed by atoms with van der Waals surface area (Å²) >= 11 is 4.76. The Morgan fingerprint density at radius 1 is 1.43 bits per heavy atom. The number of hydrogen-bond donors (Lipinski definition) is 2. The normalized spacial score (nSPS) is 11.6. The maximum absolute atomic E-state index is 12.5. The molecule has 2 aromatic rings. The number of hydrogen-bond acceptors (Lipinski definition) is 5. The van der Waals surface area contributed by atoms with Gasteiger partial charge in [0, 0.05) is 22.1 Å². The van der Waals surface area contributed by atoms with Crippen LogP contribution in [0.4, 0.5) is 5.82 Å². The maximum Gasteiger partial charge on any atom is 0.264 e. The average molecular weight is 390 g/mol. The minimum atomic E-state index is -3.62. The molecular formula is C13H16BrN3O2S2. The molecule has 2 heterocycles. The fraction of sp³-hybridized carbons (Fsp3) is 0.308. The third-order valence-electron chi connectivity index (χ3n) is 2.82. The molecule has 0 bridgehead atoms. The van der Waals surface area contributed by atoms with Crippen molar-refractivity contribution in [2.45, 2.75) is 25.3 Å². The SMILES string of the molecule is CCNCc1sccc1S(=O)(=O)Nc1cc(C)c(Br)cn1.